The highest BCUT2D eigenvalue weighted by Crippen LogP contribution is 2.35. The quantitative estimate of drug-likeness (QED) is 0.126. The van der Waals surface area contributed by atoms with Gasteiger partial charge in [0.1, 0.15) is 12.4 Å². The molecule has 0 unspecified atom stereocenters. The highest BCUT2D eigenvalue weighted by Gasteiger charge is 2.13. The monoisotopic (exact) mass is 580 g/mol. The first-order valence-corrected chi connectivity index (χ1v) is 12.9. The van der Waals surface area contributed by atoms with Crippen molar-refractivity contribution in [3.63, 3.8) is 0 Å². The molecule has 0 aliphatic carbocycles. The summed E-state index contributed by atoms with van der Waals surface area (Å²) in [4.78, 5) is 13.1. The van der Waals surface area contributed by atoms with Crippen LogP contribution in [-0.2, 0) is 4.79 Å². The van der Waals surface area contributed by atoms with E-state index in [0.29, 0.717) is 19.7 Å². The first-order chi connectivity index (χ1) is 17.0. The fraction of sp³-hybridized carbons (Fsp3) is 0.233. The van der Waals surface area contributed by atoms with E-state index in [0.717, 1.165) is 12.2 Å². The molecule has 0 saturated heterocycles. The number of allylic oxidation sites excluding steroid dienone is 1. The van der Waals surface area contributed by atoms with Gasteiger partial charge in [0.25, 0.3) is 0 Å². The Balaban J connectivity index is 1.71. The average molecular weight is 581 g/mol. The van der Waals surface area contributed by atoms with Gasteiger partial charge in [-0.05, 0) is 81.1 Å². The first kappa shape index (κ1) is 26.7. The first-order valence-electron chi connectivity index (χ1n) is 11.9. The summed E-state index contributed by atoms with van der Waals surface area (Å²) in [7, 11) is 3.48. The van der Waals surface area contributed by atoms with Gasteiger partial charge in [-0.25, -0.2) is 0 Å². The van der Waals surface area contributed by atoms with Crippen LogP contribution in [0.4, 0.5) is 0 Å². The van der Waals surface area contributed by atoms with E-state index in [2.05, 4.69) is 102 Å². The molecule has 3 aromatic carbocycles. The van der Waals surface area contributed by atoms with Gasteiger partial charge in [-0.1, -0.05) is 67.6 Å². The molecule has 0 fully saturated rings. The van der Waals surface area contributed by atoms with Crippen molar-refractivity contribution in [2.45, 2.75) is 13.3 Å². The third-order valence-corrected chi connectivity index (χ3v) is 6.28. The largest absolute Gasteiger partial charge is 0.492 e. The van der Waals surface area contributed by atoms with E-state index < -0.39 is 0 Å². The van der Waals surface area contributed by atoms with Crippen LogP contribution in [0.25, 0.3) is 11.1 Å². The van der Waals surface area contributed by atoms with Crippen LogP contribution in [0.3, 0.4) is 0 Å². The van der Waals surface area contributed by atoms with Gasteiger partial charge < -0.3 is 15.0 Å². The molecule has 0 aromatic heterocycles. The maximum atomic E-state index is 11.5. The summed E-state index contributed by atoms with van der Waals surface area (Å²) in [5.74, 6) is 0.828. The maximum Gasteiger partial charge on any atom is 0.245 e. The van der Waals surface area contributed by atoms with E-state index in [-0.39, 0.29) is 5.91 Å². The highest BCUT2D eigenvalue weighted by atomic mass is 127. The molecule has 0 aliphatic heterocycles. The Morgan fingerprint density at radius 3 is 2.14 bits per heavy atom. The molecule has 35 heavy (non-hydrogen) atoms. The van der Waals surface area contributed by atoms with Crippen molar-refractivity contribution < 1.29 is 9.53 Å². The molecule has 0 bridgehead atoms. The minimum Gasteiger partial charge on any atom is -0.492 e. The van der Waals surface area contributed by atoms with Crippen LogP contribution in [0.15, 0.2) is 91.0 Å². The summed E-state index contributed by atoms with van der Waals surface area (Å²) in [6, 6.07) is 27.7. The zero-order chi connectivity index (χ0) is 25.0. The Morgan fingerprint density at radius 2 is 1.54 bits per heavy atom. The van der Waals surface area contributed by atoms with E-state index in [4.69, 9.17) is 4.74 Å². The number of nitrogens with zero attached hydrogens (tertiary/aromatic N) is 1. The summed E-state index contributed by atoms with van der Waals surface area (Å²) >= 11 is 2.35. The Kier molecular flexibility index (Phi) is 10.6. The Bertz CT molecular complexity index is 1140. The summed E-state index contributed by atoms with van der Waals surface area (Å²) in [6.45, 7) is 4.10. The molecule has 182 valence electrons. The highest BCUT2D eigenvalue weighted by molar-refractivity contribution is 14.1. The predicted octanol–water partition coefficient (Wildman–Crippen LogP) is 6.27. The van der Waals surface area contributed by atoms with Crippen LogP contribution < -0.4 is 10.1 Å². The zero-order valence-electron chi connectivity index (χ0n) is 20.6. The van der Waals surface area contributed by atoms with Gasteiger partial charge in [-0.3, -0.25) is 4.79 Å². The molecular weight excluding hydrogens is 547 g/mol. The average Bonchev–Trinajstić information content (AvgIpc) is 2.88. The molecule has 5 heteroatoms. The Morgan fingerprint density at radius 1 is 0.914 bits per heavy atom. The van der Waals surface area contributed by atoms with Crippen molar-refractivity contribution in [2.75, 3.05) is 33.8 Å². The number of hydrogen-bond donors (Lipinski definition) is 1. The molecular formula is C30H33IN2O2. The number of amides is 1. The van der Waals surface area contributed by atoms with E-state index in [1.54, 1.807) is 25.1 Å². The summed E-state index contributed by atoms with van der Waals surface area (Å²) in [6.07, 6.45) is 4.34. The fourth-order valence-electron chi connectivity index (χ4n) is 3.75. The van der Waals surface area contributed by atoms with Gasteiger partial charge in [0.15, 0.2) is 0 Å². The minimum absolute atomic E-state index is 0.0136. The number of ether oxygens (including phenoxy) is 1. The van der Waals surface area contributed by atoms with E-state index in [1.807, 2.05) is 18.2 Å². The zero-order valence-corrected chi connectivity index (χ0v) is 22.8. The lowest BCUT2D eigenvalue weighted by molar-refractivity contribution is -0.123. The number of carbonyl (C=O) groups is 1. The lowest BCUT2D eigenvalue weighted by Crippen LogP contribution is -2.22. The molecule has 0 aliphatic rings. The van der Waals surface area contributed by atoms with Crippen molar-refractivity contribution in [2.24, 2.45) is 0 Å². The van der Waals surface area contributed by atoms with Crippen molar-refractivity contribution in [3.05, 3.63) is 111 Å². The normalized spacial score (nSPS) is 11.9. The number of benzene rings is 3. The predicted molar refractivity (Wildman–Crippen MR) is 154 cm³/mol. The Labute approximate surface area is 222 Å². The van der Waals surface area contributed by atoms with Crippen molar-refractivity contribution in [1.82, 2.24) is 10.2 Å². The molecule has 4 nitrogen and oxygen atoms in total. The van der Waals surface area contributed by atoms with Gasteiger partial charge in [-0.2, -0.15) is 0 Å². The van der Waals surface area contributed by atoms with Gasteiger partial charge in [0, 0.05) is 36.8 Å². The number of nitrogens with one attached hydrogen (secondary N) is 1. The number of halogens is 1. The minimum atomic E-state index is -0.0136. The van der Waals surface area contributed by atoms with Crippen LogP contribution in [-0.4, -0.2) is 44.6 Å². The third kappa shape index (κ3) is 8.08. The standard InChI is InChI=1S/C30H33IN2O2/c1-4-28(23-9-6-5-7-10-23)30(24-12-16-26(31)17-13-24)25-14-18-27(19-15-25)35-22-21-32-20-8-11-29(34)33(2)3/h5-19,32H,4,20-22H2,1-3H3. The van der Waals surface area contributed by atoms with Crippen LogP contribution in [0.5, 0.6) is 5.75 Å². The second-order valence-electron chi connectivity index (χ2n) is 8.29. The van der Waals surface area contributed by atoms with E-state index in [9.17, 15) is 4.79 Å². The maximum absolute atomic E-state index is 11.5. The lowest BCUT2D eigenvalue weighted by atomic mass is 9.88. The van der Waals surface area contributed by atoms with Crippen LogP contribution in [0.1, 0.15) is 30.0 Å². The van der Waals surface area contributed by atoms with Gasteiger partial charge in [-0.15, -0.1) is 0 Å². The topological polar surface area (TPSA) is 41.6 Å². The Hall–Kier alpha value is -2.90. The molecule has 0 saturated carbocycles. The second kappa shape index (κ2) is 13.9. The second-order valence-corrected chi connectivity index (χ2v) is 9.54. The van der Waals surface area contributed by atoms with Gasteiger partial charge in [0.05, 0.1) is 0 Å². The molecule has 1 amide bonds. The lowest BCUT2D eigenvalue weighted by Gasteiger charge is -2.17. The number of hydrogen-bond acceptors (Lipinski definition) is 3. The molecule has 0 heterocycles. The molecule has 3 rings (SSSR count). The van der Waals surface area contributed by atoms with Crippen LogP contribution in [0, 0.1) is 3.57 Å². The van der Waals surface area contributed by atoms with Crippen molar-refractivity contribution in [1.29, 1.82) is 0 Å². The SMILES string of the molecule is CCC(=C(c1ccc(I)cc1)c1ccc(OCCNCC=CC(=O)N(C)C)cc1)c1ccccc1. The number of carbonyl (C=O) groups excluding carboxylic acids is 1. The van der Waals surface area contributed by atoms with Gasteiger partial charge in [0.2, 0.25) is 5.91 Å². The molecule has 0 atom stereocenters. The molecule has 0 spiro atoms. The fourth-order valence-corrected chi connectivity index (χ4v) is 4.11. The summed E-state index contributed by atoms with van der Waals surface area (Å²) in [5.41, 5.74) is 6.21. The van der Waals surface area contributed by atoms with Crippen molar-refractivity contribution in [3.8, 4) is 5.75 Å². The molecule has 3 aromatic rings. The van der Waals surface area contributed by atoms with E-state index >= 15 is 0 Å². The van der Waals surface area contributed by atoms with Crippen LogP contribution >= 0.6 is 22.6 Å². The van der Waals surface area contributed by atoms with Gasteiger partial charge >= 0.3 is 0 Å². The van der Waals surface area contributed by atoms with E-state index in [1.165, 1.54) is 31.4 Å². The molecule has 1 N–H and O–H groups in total. The summed E-state index contributed by atoms with van der Waals surface area (Å²) in [5, 5.41) is 3.26. The third-order valence-electron chi connectivity index (χ3n) is 5.56. The number of likely N-dealkylation sites (N-methyl/N-ethyl adjacent to an activating group) is 1. The molecule has 0 radical (unpaired) electrons. The number of rotatable bonds is 11. The van der Waals surface area contributed by atoms with Crippen molar-refractivity contribution >= 4 is 39.6 Å². The summed E-state index contributed by atoms with van der Waals surface area (Å²) < 4.78 is 7.14. The smallest absolute Gasteiger partial charge is 0.245 e. The van der Waals surface area contributed by atoms with Crippen LogP contribution in [0.2, 0.25) is 0 Å².